The minimum atomic E-state index is -0.700. The van der Waals surface area contributed by atoms with Crippen LogP contribution >= 0.6 is 0 Å². The van der Waals surface area contributed by atoms with E-state index >= 15 is 0 Å². The third-order valence-electron chi connectivity index (χ3n) is 5.13. The zero-order valence-electron chi connectivity index (χ0n) is 13.6. The SMILES string of the molecule is O=C(O)C1(c2ccc(CN3CCOCc4ccccc43)cc2)CC1. The quantitative estimate of drug-likeness (QED) is 0.937. The van der Waals surface area contributed by atoms with Crippen molar-refractivity contribution in [2.24, 2.45) is 0 Å². The Labute approximate surface area is 141 Å². The lowest BCUT2D eigenvalue weighted by Crippen LogP contribution is -2.25. The maximum atomic E-state index is 11.4. The molecular weight excluding hydrogens is 302 g/mol. The number of carboxylic acids is 1. The lowest BCUT2D eigenvalue weighted by atomic mass is 9.95. The number of aliphatic carboxylic acids is 1. The van der Waals surface area contributed by atoms with Gasteiger partial charge in [-0.2, -0.15) is 0 Å². The van der Waals surface area contributed by atoms with Crippen LogP contribution in [0, 0.1) is 0 Å². The van der Waals surface area contributed by atoms with E-state index in [1.807, 2.05) is 18.2 Å². The summed E-state index contributed by atoms with van der Waals surface area (Å²) in [6.45, 7) is 3.04. The van der Waals surface area contributed by atoms with Gasteiger partial charge in [-0.05, 0) is 30.0 Å². The number of ether oxygens (including phenoxy) is 1. The highest BCUT2D eigenvalue weighted by Crippen LogP contribution is 2.48. The monoisotopic (exact) mass is 323 g/mol. The van der Waals surface area contributed by atoms with Crippen molar-refractivity contribution in [2.45, 2.75) is 31.4 Å². The second kappa shape index (κ2) is 5.95. The van der Waals surface area contributed by atoms with Gasteiger partial charge in [0.25, 0.3) is 0 Å². The molecule has 0 saturated heterocycles. The lowest BCUT2D eigenvalue weighted by Gasteiger charge is -2.24. The molecule has 0 bridgehead atoms. The maximum absolute atomic E-state index is 11.4. The summed E-state index contributed by atoms with van der Waals surface area (Å²) in [6, 6.07) is 16.4. The van der Waals surface area contributed by atoms with Gasteiger partial charge in [-0.3, -0.25) is 4.79 Å². The molecule has 4 heteroatoms. The Morgan fingerprint density at radius 2 is 1.88 bits per heavy atom. The summed E-state index contributed by atoms with van der Waals surface area (Å²) < 4.78 is 5.68. The highest BCUT2D eigenvalue weighted by atomic mass is 16.5. The highest BCUT2D eigenvalue weighted by Gasteiger charge is 2.51. The molecule has 1 aliphatic carbocycles. The first-order valence-corrected chi connectivity index (χ1v) is 8.42. The molecule has 0 spiro atoms. The molecule has 1 fully saturated rings. The molecule has 124 valence electrons. The Bertz CT molecular complexity index is 750. The number of para-hydroxylation sites is 1. The molecule has 2 aliphatic rings. The summed E-state index contributed by atoms with van der Waals surface area (Å²) in [6.07, 6.45) is 1.50. The van der Waals surface area contributed by atoms with Crippen LogP contribution in [0.3, 0.4) is 0 Å². The Morgan fingerprint density at radius 1 is 1.12 bits per heavy atom. The van der Waals surface area contributed by atoms with Crippen molar-refractivity contribution >= 4 is 11.7 Å². The largest absolute Gasteiger partial charge is 0.481 e. The van der Waals surface area contributed by atoms with Crippen molar-refractivity contribution < 1.29 is 14.6 Å². The zero-order chi connectivity index (χ0) is 16.6. The predicted octanol–water partition coefficient (Wildman–Crippen LogP) is 3.34. The van der Waals surface area contributed by atoms with Crippen LogP contribution in [0.1, 0.15) is 29.5 Å². The van der Waals surface area contributed by atoms with Gasteiger partial charge in [0.2, 0.25) is 0 Å². The fourth-order valence-electron chi connectivity index (χ4n) is 3.48. The molecule has 0 atom stereocenters. The molecular formula is C20H21NO3. The molecule has 1 heterocycles. The standard InChI is InChI=1S/C20H21NO3/c22-19(23)20(9-10-20)17-7-5-15(6-8-17)13-21-11-12-24-14-16-3-1-2-4-18(16)21/h1-8H,9-14H2,(H,22,23). The maximum Gasteiger partial charge on any atom is 0.314 e. The van der Waals surface area contributed by atoms with Gasteiger partial charge in [-0.1, -0.05) is 42.5 Å². The first kappa shape index (κ1) is 15.2. The number of hydrogen-bond acceptors (Lipinski definition) is 3. The minimum absolute atomic E-state index is 0.623. The normalized spacial score (nSPS) is 18.6. The number of carbonyl (C=O) groups is 1. The Balaban J connectivity index is 1.55. The summed E-state index contributed by atoms with van der Waals surface area (Å²) >= 11 is 0. The van der Waals surface area contributed by atoms with E-state index in [0.29, 0.717) is 6.61 Å². The molecule has 24 heavy (non-hydrogen) atoms. The van der Waals surface area contributed by atoms with Gasteiger partial charge in [0.05, 0.1) is 18.6 Å². The van der Waals surface area contributed by atoms with E-state index in [2.05, 4.69) is 35.2 Å². The number of carboxylic acid groups (broad SMARTS) is 1. The summed E-state index contributed by atoms with van der Waals surface area (Å²) in [7, 11) is 0. The van der Waals surface area contributed by atoms with Crippen molar-refractivity contribution in [3.8, 4) is 0 Å². The molecule has 1 N–H and O–H groups in total. The molecule has 1 saturated carbocycles. The highest BCUT2D eigenvalue weighted by molar-refractivity contribution is 5.84. The number of hydrogen-bond donors (Lipinski definition) is 1. The van der Waals surface area contributed by atoms with E-state index in [1.165, 1.54) is 16.8 Å². The van der Waals surface area contributed by atoms with Crippen LogP contribution in [0.5, 0.6) is 0 Å². The Hall–Kier alpha value is -2.33. The number of benzene rings is 2. The molecule has 0 unspecified atom stereocenters. The summed E-state index contributed by atoms with van der Waals surface area (Å²) in [5.74, 6) is -0.700. The first-order valence-electron chi connectivity index (χ1n) is 8.42. The summed E-state index contributed by atoms with van der Waals surface area (Å²) in [4.78, 5) is 13.8. The molecule has 2 aromatic carbocycles. The number of rotatable bonds is 4. The predicted molar refractivity (Wildman–Crippen MR) is 92.1 cm³/mol. The van der Waals surface area contributed by atoms with E-state index in [0.717, 1.165) is 38.1 Å². The van der Waals surface area contributed by atoms with E-state index in [9.17, 15) is 9.90 Å². The van der Waals surface area contributed by atoms with Gasteiger partial charge in [-0.25, -0.2) is 0 Å². The topological polar surface area (TPSA) is 49.8 Å². The molecule has 4 rings (SSSR count). The third kappa shape index (κ3) is 2.67. The summed E-state index contributed by atoms with van der Waals surface area (Å²) in [5, 5.41) is 9.41. The second-order valence-corrected chi connectivity index (χ2v) is 6.69. The minimum Gasteiger partial charge on any atom is -0.481 e. The molecule has 1 aliphatic heterocycles. The fraction of sp³-hybridized carbons (Fsp3) is 0.350. The third-order valence-corrected chi connectivity index (χ3v) is 5.13. The van der Waals surface area contributed by atoms with Crippen molar-refractivity contribution in [1.29, 1.82) is 0 Å². The second-order valence-electron chi connectivity index (χ2n) is 6.69. The van der Waals surface area contributed by atoms with Crippen LogP contribution in [0.2, 0.25) is 0 Å². The molecule has 0 amide bonds. The number of anilines is 1. The lowest BCUT2D eigenvalue weighted by molar-refractivity contribution is -0.140. The average molecular weight is 323 g/mol. The van der Waals surface area contributed by atoms with Gasteiger partial charge in [-0.15, -0.1) is 0 Å². The molecule has 2 aromatic rings. The summed E-state index contributed by atoms with van der Waals surface area (Å²) in [5.41, 5.74) is 3.94. The van der Waals surface area contributed by atoms with Crippen LogP contribution in [0.15, 0.2) is 48.5 Å². The number of fused-ring (bicyclic) bond motifs is 1. The van der Waals surface area contributed by atoms with Crippen LogP contribution in [0.25, 0.3) is 0 Å². The average Bonchev–Trinajstić information content (AvgIpc) is 3.41. The molecule has 0 radical (unpaired) electrons. The van der Waals surface area contributed by atoms with E-state index in [4.69, 9.17) is 4.74 Å². The molecule has 0 aromatic heterocycles. The first-order chi connectivity index (χ1) is 11.7. The van der Waals surface area contributed by atoms with Gasteiger partial charge in [0.1, 0.15) is 0 Å². The zero-order valence-corrected chi connectivity index (χ0v) is 13.6. The van der Waals surface area contributed by atoms with Crippen LogP contribution in [-0.2, 0) is 28.1 Å². The smallest absolute Gasteiger partial charge is 0.314 e. The van der Waals surface area contributed by atoms with Crippen molar-refractivity contribution in [3.05, 3.63) is 65.2 Å². The fourth-order valence-corrected chi connectivity index (χ4v) is 3.48. The van der Waals surface area contributed by atoms with E-state index < -0.39 is 11.4 Å². The van der Waals surface area contributed by atoms with Crippen LogP contribution < -0.4 is 4.90 Å². The van der Waals surface area contributed by atoms with E-state index in [-0.39, 0.29) is 0 Å². The molecule has 4 nitrogen and oxygen atoms in total. The van der Waals surface area contributed by atoms with Crippen molar-refractivity contribution in [1.82, 2.24) is 0 Å². The van der Waals surface area contributed by atoms with Crippen LogP contribution in [0.4, 0.5) is 5.69 Å². The number of nitrogens with zero attached hydrogens (tertiary/aromatic N) is 1. The van der Waals surface area contributed by atoms with Gasteiger partial charge < -0.3 is 14.7 Å². The van der Waals surface area contributed by atoms with Crippen molar-refractivity contribution in [3.63, 3.8) is 0 Å². The van der Waals surface area contributed by atoms with E-state index in [1.54, 1.807) is 0 Å². The van der Waals surface area contributed by atoms with Crippen molar-refractivity contribution in [2.75, 3.05) is 18.1 Å². The van der Waals surface area contributed by atoms with Gasteiger partial charge >= 0.3 is 5.97 Å². The Morgan fingerprint density at radius 3 is 2.58 bits per heavy atom. The van der Waals surface area contributed by atoms with Gasteiger partial charge in [0, 0.05) is 24.3 Å². The Kier molecular flexibility index (Phi) is 3.77. The van der Waals surface area contributed by atoms with Crippen LogP contribution in [-0.4, -0.2) is 24.2 Å². The van der Waals surface area contributed by atoms with Gasteiger partial charge in [0.15, 0.2) is 0 Å².